The summed E-state index contributed by atoms with van der Waals surface area (Å²) >= 11 is 0. The highest BCUT2D eigenvalue weighted by Crippen LogP contribution is 2.14. The Morgan fingerprint density at radius 2 is 2.15 bits per heavy atom. The first kappa shape index (κ1) is 22.2. The van der Waals surface area contributed by atoms with Gasteiger partial charge in [-0.05, 0) is 31.5 Å². The van der Waals surface area contributed by atoms with Crippen molar-refractivity contribution in [1.29, 1.82) is 0 Å². The van der Waals surface area contributed by atoms with E-state index in [2.05, 4.69) is 15.4 Å². The smallest absolute Gasteiger partial charge is 0.193 e. The number of ether oxygens (including phenoxy) is 1. The maximum absolute atomic E-state index is 13.5. The molecule has 26 heavy (non-hydrogen) atoms. The number of rotatable bonds is 8. The first-order valence-electron chi connectivity index (χ1n) is 8.46. The van der Waals surface area contributed by atoms with Crippen LogP contribution in [0.2, 0.25) is 0 Å². The second-order valence-electron chi connectivity index (χ2n) is 5.72. The Morgan fingerprint density at radius 1 is 1.38 bits per heavy atom. The number of benzene rings is 1. The quantitative estimate of drug-likeness (QED) is 0.363. The van der Waals surface area contributed by atoms with Gasteiger partial charge in [-0.1, -0.05) is 12.1 Å². The Kier molecular flexibility index (Phi) is 10.0. The predicted molar refractivity (Wildman–Crippen MR) is 113 cm³/mol. The van der Waals surface area contributed by atoms with Crippen molar-refractivity contribution in [2.24, 2.45) is 4.99 Å². The molecule has 0 saturated carbocycles. The number of hydrogen-bond donors (Lipinski definition) is 1. The number of nitrogens with one attached hydrogen (secondary N) is 1. The molecule has 0 saturated heterocycles. The van der Waals surface area contributed by atoms with Gasteiger partial charge in [0.15, 0.2) is 17.5 Å². The summed E-state index contributed by atoms with van der Waals surface area (Å²) < 4.78 is 20.9. The lowest BCUT2D eigenvalue weighted by atomic mass is 10.3. The molecule has 0 unspecified atom stereocenters. The van der Waals surface area contributed by atoms with E-state index in [1.54, 1.807) is 18.2 Å². The van der Waals surface area contributed by atoms with Crippen molar-refractivity contribution in [3.8, 4) is 5.75 Å². The number of para-hydroxylation sites is 1. The van der Waals surface area contributed by atoms with Crippen molar-refractivity contribution >= 4 is 29.9 Å². The maximum Gasteiger partial charge on any atom is 0.193 e. The number of guanidine groups is 1. The van der Waals surface area contributed by atoms with E-state index in [0.717, 1.165) is 24.6 Å². The van der Waals surface area contributed by atoms with Crippen LogP contribution in [0.5, 0.6) is 5.75 Å². The third-order valence-electron chi connectivity index (χ3n) is 3.57. The van der Waals surface area contributed by atoms with Crippen LogP contribution in [0.25, 0.3) is 0 Å². The molecule has 0 aliphatic rings. The number of hydrogen-bond acceptors (Lipinski definition) is 3. The number of aromatic nitrogens is 2. The molecule has 2 aromatic rings. The van der Waals surface area contributed by atoms with Gasteiger partial charge in [-0.25, -0.2) is 4.39 Å². The molecule has 0 radical (unpaired) electrons. The molecule has 1 aromatic heterocycles. The molecular weight excluding hydrogens is 448 g/mol. The standard InChI is InChI=1S/C18H26FN5O.HI/c1-4-20-18(21-9-10-24-14-15(2)13-22-24)23(3)11-12-25-17-8-6-5-7-16(17)19;/h5-8,13-14H,4,9-12H2,1-3H3,(H,20,21);1H. The third-order valence-corrected chi connectivity index (χ3v) is 3.57. The SMILES string of the molecule is CCNC(=NCCn1cc(C)cn1)N(C)CCOc1ccccc1F.I. The summed E-state index contributed by atoms with van der Waals surface area (Å²) in [4.78, 5) is 6.57. The zero-order valence-electron chi connectivity index (χ0n) is 15.5. The summed E-state index contributed by atoms with van der Waals surface area (Å²) in [5, 5.41) is 7.50. The zero-order valence-corrected chi connectivity index (χ0v) is 17.8. The average molecular weight is 475 g/mol. The maximum atomic E-state index is 13.5. The number of aryl methyl sites for hydroxylation is 1. The van der Waals surface area contributed by atoms with Crippen LogP contribution in [0.15, 0.2) is 41.7 Å². The Morgan fingerprint density at radius 3 is 2.81 bits per heavy atom. The van der Waals surface area contributed by atoms with Crippen LogP contribution in [-0.4, -0.2) is 53.9 Å². The molecule has 0 atom stereocenters. The van der Waals surface area contributed by atoms with Gasteiger partial charge in [0.25, 0.3) is 0 Å². The van der Waals surface area contributed by atoms with Crippen LogP contribution in [-0.2, 0) is 6.54 Å². The summed E-state index contributed by atoms with van der Waals surface area (Å²) in [5.74, 6) is 0.718. The largest absolute Gasteiger partial charge is 0.489 e. The van der Waals surface area contributed by atoms with Gasteiger partial charge in [0.1, 0.15) is 6.61 Å². The van der Waals surface area contributed by atoms with E-state index in [4.69, 9.17) is 4.74 Å². The van der Waals surface area contributed by atoms with Crippen molar-refractivity contribution in [2.45, 2.75) is 20.4 Å². The highest BCUT2D eigenvalue weighted by molar-refractivity contribution is 14.0. The normalized spacial score (nSPS) is 11.0. The average Bonchev–Trinajstić information content (AvgIpc) is 3.01. The number of halogens is 2. The number of nitrogens with zero attached hydrogens (tertiary/aromatic N) is 4. The Bertz CT molecular complexity index is 692. The van der Waals surface area contributed by atoms with E-state index >= 15 is 0 Å². The van der Waals surface area contributed by atoms with Crippen molar-refractivity contribution < 1.29 is 9.13 Å². The molecule has 144 valence electrons. The lowest BCUT2D eigenvalue weighted by molar-refractivity contribution is 0.270. The van der Waals surface area contributed by atoms with Gasteiger partial charge >= 0.3 is 0 Å². The molecular formula is C18H27FIN5O. The molecule has 2 rings (SSSR count). The fourth-order valence-corrected chi connectivity index (χ4v) is 2.28. The fourth-order valence-electron chi connectivity index (χ4n) is 2.28. The van der Waals surface area contributed by atoms with Gasteiger partial charge in [-0.15, -0.1) is 24.0 Å². The van der Waals surface area contributed by atoms with Crippen LogP contribution in [0.1, 0.15) is 12.5 Å². The molecule has 1 aromatic carbocycles. The molecule has 0 aliphatic heterocycles. The summed E-state index contributed by atoms with van der Waals surface area (Å²) in [6, 6.07) is 6.41. The monoisotopic (exact) mass is 475 g/mol. The second kappa shape index (κ2) is 11.7. The first-order chi connectivity index (χ1) is 12.1. The Hall–Kier alpha value is -1.84. The van der Waals surface area contributed by atoms with Gasteiger partial charge in [-0.2, -0.15) is 5.10 Å². The van der Waals surface area contributed by atoms with Gasteiger partial charge in [-0.3, -0.25) is 9.67 Å². The minimum atomic E-state index is -0.347. The summed E-state index contributed by atoms with van der Waals surface area (Å²) in [6.45, 7) is 7.14. The van der Waals surface area contributed by atoms with E-state index in [1.807, 2.05) is 42.9 Å². The van der Waals surface area contributed by atoms with Crippen molar-refractivity contribution in [3.05, 3.63) is 48.0 Å². The van der Waals surface area contributed by atoms with Crippen molar-refractivity contribution in [3.63, 3.8) is 0 Å². The predicted octanol–water partition coefficient (Wildman–Crippen LogP) is 2.92. The number of aliphatic imine (C=N–C) groups is 1. The molecule has 8 heteroatoms. The third kappa shape index (κ3) is 7.19. The Balaban J connectivity index is 0.00000338. The lowest BCUT2D eigenvalue weighted by Crippen LogP contribution is -2.41. The summed E-state index contributed by atoms with van der Waals surface area (Å²) in [7, 11) is 1.93. The van der Waals surface area contributed by atoms with Crippen LogP contribution >= 0.6 is 24.0 Å². The minimum absolute atomic E-state index is 0. The van der Waals surface area contributed by atoms with E-state index in [1.165, 1.54) is 6.07 Å². The highest BCUT2D eigenvalue weighted by atomic mass is 127. The topological polar surface area (TPSA) is 54.7 Å². The molecule has 0 fully saturated rings. The fraction of sp³-hybridized carbons (Fsp3) is 0.444. The molecule has 1 N–H and O–H groups in total. The minimum Gasteiger partial charge on any atom is -0.489 e. The van der Waals surface area contributed by atoms with Crippen LogP contribution < -0.4 is 10.1 Å². The van der Waals surface area contributed by atoms with Gasteiger partial charge in [0, 0.05) is 19.8 Å². The molecule has 0 bridgehead atoms. The molecule has 0 spiro atoms. The van der Waals surface area contributed by atoms with Crippen molar-refractivity contribution in [1.82, 2.24) is 20.0 Å². The zero-order chi connectivity index (χ0) is 18.1. The van der Waals surface area contributed by atoms with E-state index in [0.29, 0.717) is 19.7 Å². The van der Waals surface area contributed by atoms with Gasteiger partial charge < -0.3 is 15.0 Å². The Labute approximate surface area is 171 Å². The molecule has 0 aliphatic carbocycles. The molecule has 1 heterocycles. The number of likely N-dealkylation sites (N-methyl/N-ethyl adjacent to an activating group) is 1. The van der Waals surface area contributed by atoms with E-state index in [-0.39, 0.29) is 35.5 Å². The molecule has 6 nitrogen and oxygen atoms in total. The van der Waals surface area contributed by atoms with Crippen LogP contribution in [0.4, 0.5) is 4.39 Å². The summed E-state index contributed by atoms with van der Waals surface area (Å²) in [5.41, 5.74) is 1.14. The summed E-state index contributed by atoms with van der Waals surface area (Å²) in [6.07, 6.45) is 3.83. The van der Waals surface area contributed by atoms with Crippen LogP contribution in [0.3, 0.4) is 0 Å². The lowest BCUT2D eigenvalue weighted by Gasteiger charge is -2.22. The highest BCUT2D eigenvalue weighted by Gasteiger charge is 2.07. The van der Waals surface area contributed by atoms with E-state index < -0.39 is 0 Å². The van der Waals surface area contributed by atoms with Crippen molar-refractivity contribution in [2.75, 3.05) is 33.3 Å². The molecule has 0 amide bonds. The van der Waals surface area contributed by atoms with Gasteiger partial charge in [0.05, 0.1) is 25.8 Å². The van der Waals surface area contributed by atoms with Crippen LogP contribution in [0, 0.1) is 12.7 Å². The van der Waals surface area contributed by atoms with E-state index in [9.17, 15) is 4.39 Å². The second-order valence-corrected chi connectivity index (χ2v) is 5.72. The first-order valence-corrected chi connectivity index (χ1v) is 8.46. The van der Waals surface area contributed by atoms with Gasteiger partial charge in [0.2, 0.25) is 0 Å².